The van der Waals surface area contributed by atoms with Crippen LogP contribution >= 0.6 is 0 Å². The number of aromatic nitrogens is 1. The molecule has 0 saturated carbocycles. The number of furan rings is 1. The van der Waals surface area contributed by atoms with E-state index in [9.17, 15) is 0 Å². The average molecular weight is 857 g/mol. The van der Waals surface area contributed by atoms with Crippen LogP contribution in [-0.2, 0) is 17.3 Å². The second-order valence-electron chi connectivity index (χ2n) is 20.1. The monoisotopic (exact) mass is 856 g/mol. The number of para-hydroxylation sites is 4. The summed E-state index contributed by atoms with van der Waals surface area (Å²) in [5.74, 6) is 0. The largest absolute Gasteiger partial charge is 0.456 e. The van der Waals surface area contributed by atoms with Gasteiger partial charge in [-0.25, -0.2) is 0 Å². The van der Waals surface area contributed by atoms with Gasteiger partial charge in [0.2, 0.25) is 0 Å². The molecular weight excluding hydrogens is 802 g/mol. The van der Waals surface area contributed by atoms with Gasteiger partial charge >= 0.3 is 0 Å². The van der Waals surface area contributed by atoms with Crippen molar-refractivity contribution < 1.29 is 4.42 Å². The van der Waals surface area contributed by atoms with Crippen molar-refractivity contribution in [2.24, 2.45) is 0 Å². The number of unbranched alkanes of at least 4 members (excludes halogenated alkanes) is 2. The number of nitrogens with zero attached hydrogens (tertiary/aromatic N) is 2. The SMILES string of the molecule is CCCCCc1ccc(Nc2ccccc2-c2cc(N(c3ccccc3)c3ccccc3)c3c4cc5c(cc4n4c3c2[B]c2cc3oc6ccccc6c3cc2-4)C(C)(C)CCC5(C)C)cc1. The molecule has 1 aliphatic heterocycles. The normalized spacial score (nSPS) is 14.6. The molecule has 1 aliphatic carbocycles. The van der Waals surface area contributed by atoms with Crippen molar-refractivity contribution in [1.29, 1.82) is 0 Å². The molecule has 1 radical (unpaired) electrons. The van der Waals surface area contributed by atoms with Crippen LogP contribution in [0, 0.1) is 0 Å². The van der Waals surface area contributed by atoms with Crippen molar-refractivity contribution in [3.8, 4) is 16.8 Å². The summed E-state index contributed by atoms with van der Waals surface area (Å²) in [6, 6.07) is 60.5. The Morgan fingerprint density at radius 2 is 1.29 bits per heavy atom. The fourth-order valence-corrected chi connectivity index (χ4v) is 11.2. The Morgan fingerprint density at radius 1 is 0.621 bits per heavy atom. The van der Waals surface area contributed by atoms with Crippen molar-refractivity contribution >= 4 is 90.4 Å². The Kier molecular flexibility index (Phi) is 9.57. The molecule has 0 fully saturated rings. The number of nitrogens with one attached hydrogen (secondary N) is 1. The van der Waals surface area contributed by atoms with Gasteiger partial charge in [0.25, 0.3) is 0 Å². The summed E-state index contributed by atoms with van der Waals surface area (Å²) in [4.78, 5) is 2.48. The summed E-state index contributed by atoms with van der Waals surface area (Å²) in [5, 5.41) is 8.70. The van der Waals surface area contributed by atoms with Crippen LogP contribution in [0.25, 0.3) is 60.6 Å². The Morgan fingerprint density at radius 3 is 2.02 bits per heavy atom. The van der Waals surface area contributed by atoms with Gasteiger partial charge in [-0.1, -0.05) is 138 Å². The van der Waals surface area contributed by atoms with E-state index in [2.05, 4.69) is 220 Å². The topological polar surface area (TPSA) is 33.3 Å². The van der Waals surface area contributed by atoms with Gasteiger partial charge in [0.1, 0.15) is 11.2 Å². The van der Waals surface area contributed by atoms with E-state index in [4.69, 9.17) is 4.42 Å². The molecule has 2 aromatic heterocycles. The number of benzene rings is 8. The predicted molar refractivity (Wildman–Crippen MR) is 281 cm³/mol. The maximum atomic E-state index is 6.61. The van der Waals surface area contributed by atoms with Gasteiger partial charge in [0.05, 0.1) is 16.7 Å². The van der Waals surface area contributed by atoms with E-state index in [1.807, 2.05) is 0 Å². The second-order valence-corrected chi connectivity index (χ2v) is 20.1. The van der Waals surface area contributed by atoms with Gasteiger partial charge in [-0.2, -0.15) is 0 Å². The average Bonchev–Trinajstić information content (AvgIpc) is 3.88. The third-order valence-corrected chi connectivity index (χ3v) is 14.9. The lowest BCUT2D eigenvalue weighted by Crippen LogP contribution is -2.37. The number of anilines is 5. The first kappa shape index (κ1) is 40.5. The van der Waals surface area contributed by atoms with E-state index in [1.54, 1.807) is 0 Å². The number of hydrogen-bond donors (Lipinski definition) is 1. The first-order valence-electron chi connectivity index (χ1n) is 24.0. The molecule has 0 amide bonds. The van der Waals surface area contributed by atoms with Gasteiger partial charge in [0, 0.05) is 55.5 Å². The molecule has 0 spiro atoms. The van der Waals surface area contributed by atoms with Gasteiger partial charge in [-0.05, 0) is 143 Å². The van der Waals surface area contributed by atoms with Crippen LogP contribution in [-0.4, -0.2) is 11.8 Å². The first-order valence-corrected chi connectivity index (χ1v) is 24.0. The molecule has 2 aliphatic rings. The Balaban J connectivity index is 1.20. The Bertz CT molecular complexity index is 3450. The van der Waals surface area contributed by atoms with Crippen LogP contribution in [0.2, 0.25) is 0 Å². The van der Waals surface area contributed by atoms with Crippen LogP contribution in [0.1, 0.15) is 83.4 Å². The van der Waals surface area contributed by atoms with Gasteiger partial charge < -0.3 is 19.2 Å². The summed E-state index contributed by atoms with van der Waals surface area (Å²) >= 11 is 0. The zero-order valence-corrected chi connectivity index (χ0v) is 38.7. The summed E-state index contributed by atoms with van der Waals surface area (Å²) < 4.78 is 9.23. The minimum absolute atomic E-state index is 0.0271. The third-order valence-electron chi connectivity index (χ3n) is 14.9. The van der Waals surface area contributed by atoms with E-state index >= 15 is 0 Å². The molecule has 3 heterocycles. The van der Waals surface area contributed by atoms with E-state index in [0.29, 0.717) is 0 Å². The highest BCUT2D eigenvalue weighted by molar-refractivity contribution is 6.74. The molecular formula is C61H55BN3O. The maximum Gasteiger partial charge on any atom is 0.198 e. The van der Waals surface area contributed by atoms with Crippen molar-refractivity contribution in [2.45, 2.75) is 84.0 Å². The molecule has 0 saturated heterocycles. The highest BCUT2D eigenvalue weighted by Gasteiger charge is 2.39. The van der Waals surface area contributed by atoms with Crippen LogP contribution < -0.4 is 21.1 Å². The number of fused-ring (bicyclic) bond motifs is 9. The lowest BCUT2D eigenvalue weighted by Gasteiger charge is -2.42. The first-order chi connectivity index (χ1) is 32.2. The van der Waals surface area contributed by atoms with Crippen LogP contribution in [0.5, 0.6) is 0 Å². The van der Waals surface area contributed by atoms with Gasteiger partial charge in [0.15, 0.2) is 7.28 Å². The summed E-state index contributed by atoms with van der Waals surface area (Å²) in [7, 11) is 2.44. The standard InChI is InChI=1S/C61H55BN3O/c1-6-7-10-19-39-28-30-40(31-29-39)63-51-26-17-15-24-43(51)46-36-54(64(41-20-11-8-12-21-41)42-22-13-9-14-23-42)57-47-34-48-49(61(4,5)33-32-60(48,2)3)37-52(47)65-53-35-45-44-25-16-18-27-55(44)66-56(45)38-50(53)62-58(46)59(57)65/h8-9,11-18,20-31,34-38,63H,6-7,10,19,32-33H2,1-5H3. The van der Waals surface area contributed by atoms with Crippen molar-refractivity contribution in [3.63, 3.8) is 0 Å². The van der Waals surface area contributed by atoms with Crippen LogP contribution in [0.4, 0.5) is 28.4 Å². The van der Waals surface area contributed by atoms with Gasteiger partial charge in [-0.15, -0.1) is 0 Å². The molecule has 323 valence electrons. The van der Waals surface area contributed by atoms with E-state index in [1.165, 1.54) is 74.5 Å². The smallest absolute Gasteiger partial charge is 0.198 e. The molecule has 0 atom stereocenters. The van der Waals surface area contributed by atoms with Crippen molar-refractivity contribution in [1.82, 2.24) is 4.57 Å². The van der Waals surface area contributed by atoms with Crippen molar-refractivity contribution in [3.05, 3.63) is 180 Å². The maximum absolute atomic E-state index is 6.61. The van der Waals surface area contributed by atoms with Crippen LogP contribution in [0.3, 0.4) is 0 Å². The summed E-state index contributed by atoms with van der Waals surface area (Å²) in [6.07, 6.45) is 7.11. The molecule has 0 bridgehead atoms. The molecule has 1 N–H and O–H groups in total. The Hall–Kier alpha value is -6.98. The lowest BCUT2D eigenvalue weighted by molar-refractivity contribution is 0.332. The fraction of sp³-hybridized carbons (Fsp3) is 0.213. The second kappa shape index (κ2) is 15.6. The minimum Gasteiger partial charge on any atom is -0.456 e. The van der Waals surface area contributed by atoms with E-state index in [0.717, 1.165) is 80.7 Å². The number of hydrogen-bond acceptors (Lipinski definition) is 3. The van der Waals surface area contributed by atoms with E-state index < -0.39 is 0 Å². The molecule has 12 rings (SSSR count). The molecule has 66 heavy (non-hydrogen) atoms. The zero-order chi connectivity index (χ0) is 44.7. The predicted octanol–water partition coefficient (Wildman–Crippen LogP) is 15.6. The molecule has 0 unspecified atom stereocenters. The molecule has 4 nitrogen and oxygen atoms in total. The molecule has 10 aromatic rings. The fourth-order valence-electron chi connectivity index (χ4n) is 11.2. The third kappa shape index (κ3) is 6.57. The molecule has 5 heteroatoms. The Labute approximate surface area is 389 Å². The van der Waals surface area contributed by atoms with Crippen LogP contribution in [0.15, 0.2) is 168 Å². The summed E-state index contributed by atoms with van der Waals surface area (Å²) in [6.45, 7) is 12.1. The minimum atomic E-state index is 0.0271. The highest BCUT2D eigenvalue weighted by Crippen LogP contribution is 2.52. The molecule has 8 aromatic carbocycles. The zero-order valence-electron chi connectivity index (χ0n) is 38.7. The van der Waals surface area contributed by atoms with Crippen molar-refractivity contribution in [2.75, 3.05) is 10.2 Å². The van der Waals surface area contributed by atoms with E-state index in [-0.39, 0.29) is 10.8 Å². The lowest BCUT2D eigenvalue weighted by atomic mass is 9.58. The number of rotatable bonds is 10. The van der Waals surface area contributed by atoms with Gasteiger partial charge in [-0.3, -0.25) is 0 Å². The quantitative estimate of drug-likeness (QED) is 0.110. The highest BCUT2D eigenvalue weighted by atomic mass is 16.3. The number of aryl methyl sites for hydroxylation is 1. The summed E-state index contributed by atoms with van der Waals surface area (Å²) in [5.41, 5.74) is 20.0.